The van der Waals surface area contributed by atoms with Gasteiger partial charge in [0.2, 0.25) is 6.29 Å². The van der Waals surface area contributed by atoms with Crippen molar-refractivity contribution in [3.63, 3.8) is 0 Å². The molecule has 3 aliphatic rings. The van der Waals surface area contributed by atoms with Gasteiger partial charge in [-0.3, -0.25) is 0 Å². The molecule has 1 aliphatic carbocycles. The lowest BCUT2D eigenvalue weighted by molar-refractivity contribution is -0.346. The van der Waals surface area contributed by atoms with Crippen LogP contribution in [0, 0.1) is 11.8 Å². The number of rotatable bonds is 10. The van der Waals surface area contributed by atoms with Gasteiger partial charge in [-0.2, -0.15) is 0 Å². The Labute approximate surface area is 220 Å². The topological polar surface area (TPSA) is 192 Å². The molecule has 0 radical (unpaired) electrons. The van der Waals surface area contributed by atoms with E-state index in [0.29, 0.717) is 31.3 Å². The molecule has 2 heterocycles. The van der Waals surface area contributed by atoms with Gasteiger partial charge in [-0.05, 0) is 46.5 Å². The minimum atomic E-state index is -1.70. The van der Waals surface area contributed by atoms with Gasteiger partial charge in [-0.1, -0.05) is 17.7 Å². The number of carbonyl (C=O) groups excluding carboxylic acids is 1. The number of hydrogen-bond acceptors (Lipinski definition) is 11. The summed E-state index contributed by atoms with van der Waals surface area (Å²) in [5.41, 5.74) is -0.0235. The summed E-state index contributed by atoms with van der Waals surface area (Å²) in [7, 11) is 0. The van der Waals surface area contributed by atoms with E-state index in [-0.39, 0.29) is 12.2 Å². The van der Waals surface area contributed by atoms with Crippen LogP contribution < -0.4 is 0 Å². The Bertz CT molecular complexity index is 954. The molecule has 12 heteroatoms. The molecule has 214 valence electrons. The van der Waals surface area contributed by atoms with E-state index in [4.69, 9.17) is 24.1 Å². The van der Waals surface area contributed by atoms with Crippen LogP contribution in [-0.4, -0.2) is 98.4 Å². The standard InChI is InChI=1S/C26H38O12/c1-13(8-10-27)5-4-6-14(2)23(33)35-12-17-19(28)20(29)21(30)25(37-17)38-24-18-15(7-9-26(18,3)34)16(11-36-24)22(31)32/h6,8,11,15,17-21,24-25,27-30,34H,4-5,7,9-10,12H2,1-3H3,(H,31,32)/b13-8-,14-6-/t15-,17-,18-,19-,20+,21-,24+,25+,26+/m1/s1. The molecule has 9 atom stereocenters. The minimum absolute atomic E-state index is 0.000913. The van der Waals surface area contributed by atoms with Crippen LogP contribution in [0.5, 0.6) is 0 Å². The number of esters is 1. The SMILES string of the molecule is C/C(=C/CO)CC/C=C(/C)C(=O)OC[C@H]1O[C@@H](O[C@@H]2OC=C(C(=O)O)[C@H]3CC[C@](C)(O)[C@@H]23)[C@H](O)[C@@H](O)[C@@H]1O. The summed E-state index contributed by atoms with van der Waals surface area (Å²) in [6.07, 6.45) is -2.69. The first kappa shape index (κ1) is 30.2. The van der Waals surface area contributed by atoms with Crippen molar-refractivity contribution in [3.8, 4) is 0 Å². The third-order valence-electron chi connectivity index (χ3n) is 7.45. The quantitative estimate of drug-likeness (QED) is 0.124. The fraction of sp³-hybridized carbons (Fsp3) is 0.692. The van der Waals surface area contributed by atoms with Crippen LogP contribution in [-0.2, 0) is 28.5 Å². The first-order valence-electron chi connectivity index (χ1n) is 12.6. The second-order valence-corrected chi connectivity index (χ2v) is 10.3. The van der Waals surface area contributed by atoms with Crippen LogP contribution in [0.25, 0.3) is 0 Å². The molecule has 0 aromatic rings. The molecular weight excluding hydrogens is 504 g/mol. The second kappa shape index (κ2) is 12.7. The Kier molecular flexibility index (Phi) is 10.1. The van der Waals surface area contributed by atoms with Crippen LogP contribution in [0.4, 0.5) is 0 Å². The predicted molar refractivity (Wildman–Crippen MR) is 130 cm³/mol. The van der Waals surface area contributed by atoms with Crippen LogP contribution in [0.15, 0.2) is 35.1 Å². The Morgan fingerprint density at radius 2 is 1.84 bits per heavy atom. The molecule has 0 amide bonds. The summed E-state index contributed by atoms with van der Waals surface area (Å²) >= 11 is 0. The fourth-order valence-electron chi connectivity index (χ4n) is 5.13. The van der Waals surface area contributed by atoms with Crippen molar-refractivity contribution < 1.29 is 59.2 Å². The second-order valence-electron chi connectivity index (χ2n) is 10.3. The Morgan fingerprint density at radius 3 is 2.50 bits per heavy atom. The van der Waals surface area contributed by atoms with E-state index in [1.807, 2.05) is 6.92 Å². The van der Waals surface area contributed by atoms with Gasteiger partial charge in [-0.15, -0.1) is 0 Å². The van der Waals surface area contributed by atoms with Gasteiger partial charge >= 0.3 is 11.9 Å². The number of ether oxygens (including phenoxy) is 4. The van der Waals surface area contributed by atoms with Gasteiger partial charge in [0.05, 0.1) is 30.0 Å². The van der Waals surface area contributed by atoms with E-state index in [9.17, 15) is 35.1 Å². The lowest BCUT2D eigenvalue weighted by atomic mass is 9.81. The monoisotopic (exact) mass is 542 g/mol. The minimum Gasteiger partial charge on any atom is -0.478 e. The highest BCUT2D eigenvalue weighted by Gasteiger charge is 2.56. The van der Waals surface area contributed by atoms with Gasteiger partial charge in [0, 0.05) is 11.5 Å². The zero-order chi connectivity index (χ0) is 28.2. The highest BCUT2D eigenvalue weighted by atomic mass is 16.8. The highest BCUT2D eigenvalue weighted by molar-refractivity contribution is 5.88. The van der Waals surface area contributed by atoms with Gasteiger partial charge in [0.15, 0.2) is 6.29 Å². The maximum absolute atomic E-state index is 12.4. The largest absolute Gasteiger partial charge is 0.478 e. The molecule has 6 N–H and O–H groups in total. The highest BCUT2D eigenvalue weighted by Crippen LogP contribution is 2.49. The molecule has 3 rings (SSSR count). The molecule has 38 heavy (non-hydrogen) atoms. The summed E-state index contributed by atoms with van der Waals surface area (Å²) in [6.45, 7) is 4.47. The third kappa shape index (κ3) is 6.81. The summed E-state index contributed by atoms with van der Waals surface area (Å²) in [4.78, 5) is 24.0. The average Bonchev–Trinajstić information content (AvgIpc) is 3.18. The van der Waals surface area contributed by atoms with Crippen molar-refractivity contribution in [3.05, 3.63) is 35.1 Å². The predicted octanol–water partition coefficient (Wildman–Crippen LogP) is 0.121. The number of allylic oxidation sites excluding steroid dienone is 2. The lowest BCUT2D eigenvalue weighted by Gasteiger charge is -2.44. The summed E-state index contributed by atoms with van der Waals surface area (Å²) < 4.78 is 22.1. The number of carbonyl (C=O) groups is 2. The van der Waals surface area contributed by atoms with Gasteiger partial charge in [0.25, 0.3) is 0 Å². The number of hydrogen-bond donors (Lipinski definition) is 6. The Hall–Kier alpha value is -2.32. The van der Waals surface area contributed by atoms with Crippen molar-refractivity contribution in [2.45, 2.75) is 89.1 Å². The van der Waals surface area contributed by atoms with Crippen molar-refractivity contribution in [2.24, 2.45) is 11.8 Å². The van der Waals surface area contributed by atoms with Crippen molar-refractivity contribution in [2.75, 3.05) is 13.2 Å². The molecule has 1 saturated carbocycles. The number of carboxylic acid groups (broad SMARTS) is 1. The molecule has 1 saturated heterocycles. The van der Waals surface area contributed by atoms with E-state index in [2.05, 4.69) is 0 Å². The van der Waals surface area contributed by atoms with Crippen molar-refractivity contribution in [1.29, 1.82) is 0 Å². The van der Waals surface area contributed by atoms with E-state index < -0.39 is 73.0 Å². The first-order chi connectivity index (χ1) is 17.9. The first-order valence-corrected chi connectivity index (χ1v) is 12.6. The maximum Gasteiger partial charge on any atom is 0.334 e. The molecule has 2 aliphatic heterocycles. The van der Waals surface area contributed by atoms with Crippen molar-refractivity contribution in [1.82, 2.24) is 0 Å². The zero-order valence-corrected chi connectivity index (χ0v) is 21.7. The van der Waals surface area contributed by atoms with Gasteiger partial charge in [0.1, 0.15) is 31.0 Å². The van der Waals surface area contributed by atoms with E-state index in [1.54, 1.807) is 26.0 Å². The van der Waals surface area contributed by atoms with Crippen LogP contribution >= 0.6 is 0 Å². The van der Waals surface area contributed by atoms with Gasteiger partial charge < -0.3 is 49.6 Å². The van der Waals surface area contributed by atoms with Crippen molar-refractivity contribution >= 4 is 11.9 Å². The molecule has 2 fully saturated rings. The van der Waals surface area contributed by atoms with E-state index in [0.717, 1.165) is 11.8 Å². The zero-order valence-electron chi connectivity index (χ0n) is 21.7. The lowest BCUT2D eigenvalue weighted by Crippen LogP contribution is -2.61. The third-order valence-corrected chi connectivity index (χ3v) is 7.45. The smallest absolute Gasteiger partial charge is 0.334 e. The van der Waals surface area contributed by atoms with Crippen LogP contribution in [0.1, 0.15) is 46.5 Å². The molecule has 0 unspecified atom stereocenters. The maximum atomic E-state index is 12.4. The molecule has 0 aromatic heterocycles. The number of carboxylic acids is 1. The summed E-state index contributed by atoms with van der Waals surface area (Å²) in [6, 6.07) is 0. The number of aliphatic hydroxyl groups is 5. The Morgan fingerprint density at radius 1 is 1.13 bits per heavy atom. The number of aliphatic hydroxyl groups excluding tert-OH is 4. The normalized spacial score (nSPS) is 37.7. The number of fused-ring (bicyclic) bond motifs is 1. The average molecular weight is 543 g/mol. The van der Waals surface area contributed by atoms with E-state index >= 15 is 0 Å². The van der Waals surface area contributed by atoms with Crippen LogP contribution in [0.3, 0.4) is 0 Å². The van der Waals surface area contributed by atoms with E-state index in [1.165, 1.54) is 0 Å². The molecule has 12 nitrogen and oxygen atoms in total. The summed E-state index contributed by atoms with van der Waals surface area (Å²) in [5.74, 6) is -3.19. The van der Waals surface area contributed by atoms with Crippen LogP contribution in [0.2, 0.25) is 0 Å². The summed E-state index contributed by atoms with van der Waals surface area (Å²) in [5, 5.41) is 60.5. The van der Waals surface area contributed by atoms with Gasteiger partial charge in [-0.25, -0.2) is 9.59 Å². The molecular formula is C26H38O12. The molecule has 0 bridgehead atoms. The molecule has 0 spiro atoms. The fourth-order valence-corrected chi connectivity index (χ4v) is 5.13. The molecule has 0 aromatic carbocycles. The number of aliphatic carboxylic acids is 1. The Balaban J connectivity index is 1.64.